The molecular weight excluding hydrogens is 326 g/mol. The van der Waals surface area contributed by atoms with E-state index >= 15 is 0 Å². The normalized spacial score (nSPS) is 10.3. The van der Waals surface area contributed by atoms with Gasteiger partial charge >= 0.3 is 0 Å². The Labute approximate surface area is 136 Å². The third kappa shape index (κ3) is 4.50. The topological polar surface area (TPSA) is 58.2 Å². The summed E-state index contributed by atoms with van der Waals surface area (Å²) in [5.74, 6) is -2.96. The summed E-state index contributed by atoms with van der Waals surface area (Å²) < 4.78 is 26.2. The Morgan fingerprint density at radius 2 is 1.70 bits per heavy atom. The first-order chi connectivity index (χ1) is 10.9. The first kappa shape index (κ1) is 16.9. The number of rotatable bonds is 4. The lowest BCUT2D eigenvalue weighted by Crippen LogP contribution is -2.22. The number of nitrogens with one attached hydrogen (secondary N) is 2. The number of amides is 2. The second kappa shape index (κ2) is 7.19. The molecule has 2 aromatic carbocycles. The smallest absolute Gasteiger partial charge is 0.233 e. The molecule has 0 aliphatic rings. The van der Waals surface area contributed by atoms with Crippen molar-refractivity contribution in [2.75, 3.05) is 10.6 Å². The Balaban J connectivity index is 1.97. The number of anilines is 2. The third-order valence-corrected chi connectivity index (χ3v) is 3.48. The van der Waals surface area contributed by atoms with E-state index in [4.69, 9.17) is 11.6 Å². The minimum Gasteiger partial charge on any atom is -0.325 e. The maximum Gasteiger partial charge on any atom is 0.233 e. The average molecular weight is 339 g/mol. The fourth-order valence-corrected chi connectivity index (χ4v) is 2.04. The summed E-state index contributed by atoms with van der Waals surface area (Å²) in [6.07, 6.45) is -0.511. The van der Waals surface area contributed by atoms with E-state index in [2.05, 4.69) is 10.6 Å². The van der Waals surface area contributed by atoms with E-state index in [1.807, 2.05) is 0 Å². The monoisotopic (exact) mass is 338 g/mol. The fraction of sp³-hybridized carbons (Fsp3) is 0.125. The van der Waals surface area contributed by atoms with Crippen molar-refractivity contribution in [1.82, 2.24) is 0 Å². The van der Waals surface area contributed by atoms with Crippen molar-refractivity contribution in [3.63, 3.8) is 0 Å². The van der Waals surface area contributed by atoms with Crippen LogP contribution in [0, 0.1) is 18.6 Å². The van der Waals surface area contributed by atoms with Gasteiger partial charge in [-0.25, -0.2) is 8.78 Å². The zero-order valence-corrected chi connectivity index (χ0v) is 12.9. The highest BCUT2D eigenvalue weighted by Crippen LogP contribution is 2.23. The minimum atomic E-state index is -0.913. The summed E-state index contributed by atoms with van der Waals surface area (Å²) in [5, 5.41) is 5.25. The van der Waals surface area contributed by atoms with Gasteiger partial charge in [-0.05, 0) is 36.8 Å². The van der Waals surface area contributed by atoms with Crippen LogP contribution in [0.25, 0.3) is 0 Å². The molecule has 0 aliphatic heterocycles. The molecule has 2 aromatic rings. The number of hydrogen-bond acceptors (Lipinski definition) is 2. The Morgan fingerprint density at radius 1 is 1.04 bits per heavy atom. The highest BCUT2D eigenvalue weighted by atomic mass is 35.5. The molecule has 0 aromatic heterocycles. The van der Waals surface area contributed by atoms with Crippen LogP contribution in [-0.2, 0) is 9.59 Å². The molecule has 0 heterocycles. The molecule has 7 heteroatoms. The van der Waals surface area contributed by atoms with Gasteiger partial charge in [0.05, 0.1) is 5.69 Å². The predicted molar refractivity (Wildman–Crippen MR) is 84.4 cm³/mol. The van der Waals surface area contributed by atoms with Crippen LogP contribution in [0.2, 0.25) is 5.02 Å². The van der Waals surface area contributed by atoms with Gasteiger partial charge in [-0.2, -0.15) is 0 Å². The molecule has 4 nitrogen and oxygen atoms in total. The van der Waals surface area contributed by atoms with Gasteiger partial charge in [0, 0.05) is 16.8 Å². The van der Waals surface area contributed by atoms with E-state index in [0.29, 0.717) is 22.3 Å². The Hall–Kier alpha value is -2.47. The Bertz CT molecular complexity index is 766. The van der Waals surface area contributed by atoms with Crippen LogP contribution < -0.4 is 10.6 Å². The summed E-state index contributed by atoms with van der Waals surface area (Å²) in [7, 11) is 0. The standard InChI is InChI=1S/C16H13ClF2N2O2/c1-9-11(17)3-2-4-13(9)20-15(22)8-16(23)21-14-6-5-10(18)7-12(14)19/h2-7H,8H2,1H3,(H,20,22)(H,21,23). The molecule has 2 amide bonds. The van der Waals surface area contributed by atoms with Crippen LogP contribution in [0.5, 0.6) is 0 Å². The van der Waals surface area contributed by atoms with Crippen molar-refractivity contribution in [3.05, 3.63) is 58.6 Å². The van der Waals surface area contributed by atoms with Gasteiger partial charge in [0.2, 0.25) is 11.8 Å². The molecule has 0 saturated carbocycles. The predicted octanol–water partition coefficient (Wildman–Crippen LogP) is 3.89. The van der Waals surface area contributed by atoms with E-state index < -0.39 is 29.9 Å². The summed E-state index contributed by atoms with van der Waals surface area (Å²) >= 11 is 5.94. The molecule has 0 atom stereocenters. The van der Waals surface area contributed by atoms with Crippen LogP contribution in [0.15, 0.2) is 36.4 Å². The van der Waals surface area contributed by atoms with Gasteiger partial charge in [-0.1, -0.05) is 17.7 Å². The van der Waals surface area contributed by atoms with Gasteiger partial charge in [-0.3, -0.25) is 9.59 Å². The lowest BCUT2D eigenvalue weighted by molar-refractivity contribution is -0.123. The van der Waals surface area contributed by atoms with Crippen LogP contribution in [0.3, 0.4) is 0 Å². The zero-order chi connectivity index (χ0) is 17.0. The van der Waals surface area contributed by atoms with Crippen molar-refractivity contribution >= 4 is 34.8 Å². The molecule has 0 radical (unpaired) electrons. The molecule has 0 bridgehead atoms. The maximum atomic E-state index is 13.4. The maximum absolute atomic E-state index is 13.4. The Morgan fingerprint density at radius 3 is 2.35 bits per heavy atom. The number of benzene rings is 2. The summed E-state index contributed by atoms with van der Waals surface area (Å²) in [5.41, 5.74) is 0.971. The SMILES string of the molecule is Cc1c(Cl)cccc1NC(=O)CC(=O)Nc1ccc(F)cc1F. The fourth-order valence-electron chi connectivity index (χ4n) is 1.87. The summed E-state index contributed by atoms with van der Waals surface area (Å²) in [4.78, 5) is 23.6. The van der Waals surface area contributed by atoms with Crippen molar-refractivity contribution in [2.24, 2.45) is 0 Å². The second-order valence-electron chi connectivity index (χ2n) is 4.81. The highest BCUT2D eigenvalue weighted by molar-refractivity contribution is 6.31. The van der Waals surface area contributed by atoms with Crippen molar-refractivity contribution < 1.29 is 18.4 Å². The molecule has 0 saturated heterocycles. The largest absolute Gasteiger partial charge is 0.325 e. The van der Waals surface area contributed by atoms with Gasteiger partial charge in [0.1, 0.15) is 18.1 Å². The highest BCUT2D eigenvalue weighted by Gasteiger charge is 2.13. The van der Waals surface area contributed by atoms with Gasteiger partial charge in [-0.15, -0.1) is 0 Å². The minimum absolute atomic E-state index is 0.192. The molecule has 2 N–H and O–H groups in total. The van der Waals surface area contributed by atoms with E-state index in [1.54, 1.807) is 25.1 Å². The van der Waals surface area contributed by atoms with Crippen molar-refractivity contribution in [3.8, 4) is 0 Å². The molecule has 0 fully saturated rings. The molecule has 0 unspecified atom stereocenters. The van der Waals surface area contributed by atoms with E-state index in [9.17, 15) is 18.4 Å². The van der Waals surface area contributed by atoms with E-state index in [-0.39, 0.29) is 5.69 Å². The number of carbonyl (C=O) groups excluding carboxylic acids is 2. The quantitative estimate of drug-likeness (QED) is 0.831. The van der Waals surface area contributed by atoms with E-state index in [0.717, 1.165) is 12.1 Å². The van der Waals surface area contributed by atoms with Crippen LogP contribution in [0.4, 0.5) is 20.2 Å². The molecule has 0 aliphatic carbocycles. The lowest BCUT2D eigenvalue weighted by atomic mass is 10.2. The molecule has 23 heavy (non-hydrogen) atoms. The average Bonchev–Trinajstić information content (AvgIpc) is 2.47. The number of carbonyl (C=O) groups is 2. The molecular formula is C16H13ClF2N2O2. The van der Waals surface area contributed by atoms with Crippen LogP contribution in [-0.4, -0.2) is 11.8 Å². The van der Waals surface area contributed by atoms with E-state index in [1.165, 1.54) is 0 Å². The molecule has 2 rings (SSSR count). The molecule has 0 spiro atoms. The van der Waals surface area contributed by atoms with Gasteiger partial charge in [0.25, 0.3) is 0 Å². The first-order valence-electron chi connectivity index (χ1n) is 6.66. The van der Waals surface area contributed by atoms with Crippen LogP contribution >= 0.6 is 11.6 Å². The zero-order valence-electron chi connectivity index (χ0n) is 12.1. The molecule has 120 valence electrons. The summed E-state index contributed by atoms with van der Waals surface area (Å²) in [6, 6.07) is 7.73. The Kier molecular flexibility index (Phi) is 5.28. The lowest BCUT2D eigenvalue weighted by Gasteiger charge is -2.10. The van der Waals surface area contributed by atoms with Crippen LogP contribution in [0.1, 0.15) is 12.0 Å². The van der Waals surface area contributed by atoms with Crippen molar-refractivity contribution in [2.45, 2.75) is 13.3 Å². The number of halogens is 3. The van der Waals surface area contributed by atoms with Crippen molar-refractivity contribution in [1.29, 1.82) is 0 Å². The second-order valence-corrected chi connectivity index (χ2v) is 5.22. The van der Waals surface area contributed by atoms with Gasteiger partial charge in [0.15, 0.2) is 0 Å². The third-order valence-electron chi connectivity index (χ3n) is 3.07. The number of hydrogen-bond donors (Lipinski definition) is 2. The summed E-state index contributed by atoms with van der Waals surface area (Å²) in [6.45, 7) is 1.73. The van der Waals surface area contributed by atoms with Gasteiger partial charge < -0.3 is 10.6 Å². The first-order valence-corrected chi connectivity index (χ1v) is 7.04.